The number of rotatable bonds is 0. The first-order valence-corrected chi connectivity index (χ1v) is 14.4. The van der Waals surface area contributed by atoms with Crippen LogP contribution in [-0.4, -0.2) is 59.1 Å². The van der Waals surface area contributed by atoms with Crippen LogP contribution in [0.25, 0.3) is 0 Å². The molecule has 1 saturated carbocycles. The number of carbonyl (C=O) groups excluding carboxylic acids is 2. The zero-order valence-electron chi connectivity index (χ0n) is 22.4. The monoisotopic (exact) mass is 509 g/mol. The molecule has 7 nitrogen and oxygen atoms in total. The molecule has 2 spiro atoms. The molecule has 0 aromatic rings. The summed E-state index contributed by atoms with van der Waals surface area (Å²) in [4.78, 5) is 29.0. The minimum Gasteiger partial charge on any atom is -0.465 e. The standard InChI is InChI=1S/C30H39NO6/c1-16-8-20-24(21(32)9-16)18(3)30(34)25-27(20,14-36-30)11-22-26(4,28(25)12-23(33)35-15-28)5-6-29-10-17(2)7-19(37-29)13-31(22)29/h9,11,17-20,24-25,34H,5-8,10,12-15H2,1-4H3/t17-,18+,19+,20+,24-,25?,26+,27+,28+,29-,30-/m0/s1. The number of carbonyl (C=O) groups is 2. The molecule has 11 atom stereocenters. The summed E-state index contributed by atoms with van der Waals surface area (Å²) in [6, 6.07) is 0. The molecule has 8 aliphatic rings. The largest absolute Gasteiger partial charge is 0.465 e. The van der Waals surface area contributed by atoms with Crippen molar-refractivity contribution >= 4 is 11.8 Å². The Balaban J connectivity index is 1.39. The molecular formula is C30H39NO6. The predicted octanol–water partition coefficient (Wildman–Crippen LogP) is 3.57. The van der Waals surface area contributed by atoms with Gasteiger partial charge in [0.2, 0.25) is 0 Å². The lowest BCUT2D eigenvalue weighted by Gasteiger charge is -2.68. The summed E-state index contributed by atoms with van der Waals surface area (Å²) < 4.78 is 19.1. The molecule has 0 aromatic heterocycles. The zero-order chi connectivity index (χ0) is 25.8. The second-order valence-electron chi connectivity index (χ2n) is 14.3. The van der Waals surface area contributed by atoms with Gasteiger partial charge >= 0.3 is 5.97 Å². The van der Waals surface area contributed by atoms with Gasteiger partial charge in [-0.05, 0) is 56.9 Å². The minimum atomic E-state index is -1.48. The van der Waals surface area contributed by atoms with Crippen LogP contribution in [0, 0.1) is 45.8 Å². The maximum atomic E-state index is 13.5. The Bertz CT molecular complexity index is 1190. The Morgan fingerprint density at radius 3 is 2.73 bits per heavy atom. The number of hydrogen-bond donors (Lipinski definition) is 1. The molecule has 8 rings (SSSR count). The Hall–Kier alpha value is -1.70. The summed E-state index contributed by atoms with van der Waals surface area (Å²) in [6.45, 7) is 10.2. The number of nitrogens with zero attached hydrogens (tertiary/aromatic N) is 1. The van der Waals surface area contributed by atoms with Gasteiger partial charge in [0.25, 0.3) is 0 Å². The number of cyclic esters (lactones) is 1. The lowest BCUT2D eigenvalue weighted by Crippen LogP contribution is -2.71. The van der Waals surface area contributed by atoms with E-state index in [1.165, 1.54) is 5.70 Å². The van der Waals surface area contributed by atoms with Gasteiger partial charge in [-0.25, -0.2) is 0 Å². The summed E-state index contributed by atoms with van der Waals surface area (Å²) in [7, 11) is 0. The highest BCUT2D eigenvalue weighted by Gasteiger charge is 2.81. The average molecular weight is 510 g/mol. The van der Waals surface area contributed by atoms with E-state index in [1.807, 2.05) is 13.8 Å². The summed E-state index contributed by atoms with van der Waals surface area (Å²) >= 11 is 0. The first kappa shape index (κ1) is 23.2. The normalized spacial score (nSPS) is 57.3. The lowest BCUT2D eigenvalue weighted by molar-refractivity contribution is -0.293. The molecule has 5 aliphatic heterocycles. The molecule has 1 unspecified atom stereocenters. The summed E-state index contributed by atoms with van der Waals surface area (Å²) in [6.07, 6.45) is 9.42. The quantitative estimate of drug-likeness (QED) is 0.500. The van der Waals surface area contributed by atoms with Crippen molar-refractivity contribution in [1.29, 1.82) is 0 Å². The molecule has 0 aromatic carbocycles. The van der Waals surface area contributed by atoms with E-state index in [0.717, 1.165) is 44.2 Å². The Morgan fingerprint density at radius 2 is 1.97 bits per heavy atom. The fourth-order valence-corrected chi connectivity index (χ4v) is 11.1. The van der Waals surface area contributed by atoms with E-state index in [9.17, 15) is 14.7 Å². The van der Waals surface area contributed by atoms with Crippen LogP contribution in [0.15, 0.2) is 23.4 Å². The maximum absolute atomic E-state index is 13.5. The number of aliphatic hydroxyl groups is 1. The molecule has 200 valence electrons. The smallest absolute Gasteiger partial charge is 0.306 e. The van der Waals surface area contributed by atoms with E-state index in [4.69, 9.17) is 14.2 Å². The number of piperidine rings is 1. The third-order valence-corrected chi connectivity index (χ3v) is 12.6. The SMILES string of the molecule is CC1=CC(=O)[C@@H]2[C@@H](C1)[C@]13C=C4N5C[C@H]6C[C@H](C)C[C@]5(CC[C@@]4(C)[C@]4(COC(=O)C4)C1[C@@](O)(OC3)[C@@H]2C)O6. The van der Waals surface area contributed by atoms with Crippen molar-refractivity contribution < 1.29 is 28.9 Å². The maximum Gasteiger partial charge on any atom is 0.306 e. The van der Waals surface area contributed by atoms with Gasteiger partial charge in [0.05, 0.1) is 25.7 Å². The topological polar surface area (TPSA) is 85.3 Å². The van der Waals surface area contributed by atoms with Crippen LogP contribution in [0.4, 0.5) is 0 Å². The van der Waals surface area contributed by atoms with E-state index in [-0.39, 0.29) is 59.1 Å². The second kappa shape index (κ2) is 6.71. The number of esters is 1. The fourth-order valence-electron chi connectivity index (χ4n) is 11.1. The molecule has 0 amide bonds. The first-order valence-electron chi connectivity index (χ1n) is 14.4. The Labute approximate surface area is 218 Å². The van der Waals surface area contributed by atoms with Gasteiger partial charge in [0, 0.05) is 46.2 Å². The van der Waals surface area contributed by atoms with E-state index in [1.54, 1.807) is 6.08 Å². The van der Waals surface area contributed by atoms with Crippen molar-refractivity contribution in [3.63, 3.8) is 0 Å². The second-order valence-corrected chi connectivity index (χ2v) is 14.3. The third kappa shape index (κ3) is 2.43. The molecule has 3 aliphatic carbocycles. The van der Waals surface area contributed by atoms with Crippen LogP contribution < -0.4 is 0 Å². The van der Waals surface area contributed by atoms with Crippen molar-refractivity contribution in [2.24, 2.45) is 45.8 Å². The van der Waals surface area contributed by atoms with Crippen LogP contribution in [0.2, 0.25) is 0 Å². The third-order valence-electron chi connectivity index (χ3n) is 12.6. The summed E-state index contributed by atoms with van der Waals surface area (Å²) in [5.41, 5.74) is 0.558. The lowest BCUT2D eigenvalue weighted by atomic mass is 9.37. The minimum absolute atomic E-state index is 0.0251. The van der Waals surface area contributed by atoms with Crippen molar-refractivity contribution in [3.05, 3.63) is 23.4 Å². The van der Waals surface area contributed by atoms with Crippen LogP contribution in [0.3, 0.4) is 0 Å². The molecule has 6 fully saturated rings. The fraction of sp³-hybridized carbons (Fsp3) is 0.800. The van der Waals surface area contributed by atoms with Gasteiger partial charge < -0.3 is 24.2 Å². The molecule has 5 heterocycles. The van der Waals surface area contributed by atoms with Gasteiger partial charge in [-0.1, -0.05) is 32.4 Å². The number of ether oxygens (including phenoxy) is 3. The van der Waals surface area contributed by atoms with E-state index >= 15 is 0 Å². The summed E-state index contributed by atoms with van der Waals surface area (Å²) in [5.74, 6) is -1.88. The molecular weight excluding hydrogens is 470 g/mol. The van der Waals surface area contributed by atoms with Crippen LogP contribution in [0.5, 0.6) is 0 Å². The highest BCUT2D eigenvalue weighted by Crippen LogP contribution is 2.78. The molecule has 1 N–H and O–H groups in total. The number of fused-ring (bicyclic) bond motifs is 5. The average Bonchev–Trinajstić information content (AvgIpc) is 3.43. The molecule has 5 saturated heterocycles. The van der Waals surface area contributed by atoms with Gasteiger partial charge in [-0.3, -0.25) is 9.59 Å². The van der Waals surface area contributed by atoms with Gasteiger partial charge in [-0.2, -0.15) is 0 Å². The predicted molar refractivity (Wildman–Crippen MR) is 132 cm³/mol. The Kier molecular flexibility index (Phi) is 4.21. The van der Waals surface area contributed by atoms with Gasteiger partial charge in [0.1, 0.15) is 5.72 Å². The van der Waals surface area contributed by atoms with Gasteiger partial charge in [-0.15, -0.1) is 0 Å². The first-order chi connectivity index (χ1) is 17.5. The van der Waals surface area contributed by atoms with Crippen LogP contribution in [-0.2, 0) is 23.8 Å². The van der Waals surface area contributed by atoms with Crippen molar-refractivity contribution in [2.45, 2.75) is 83.8 Å². The van der Waals surface area contributed by atoms with Crippen LogP contribution >= 0.6 is 0 Å². The molecule has 0 radical (unpaired) electrons. The summed E-state index contributed by atoms with van der Waals surface area (Å²) in [5, 5.41) is 12.5. The van der Waals surface area contributed by atoms with Gasteiger partial charge in [0.15, 0.2) is 11.6 Å². The van der Waals surface area contributed by atoms with Crippen molar-refractivity contribution in [2.75, 3.05) is 19.8 Å². The Morgan fingerprint density at radius 1 is 1.16 bits per heavy atom. The molecule has 4 bridgehead atoms. The zero-order valence-corrected chi connectivity index (χ0v) is 22.4. The number of ketones is 1. The van der Waals surface area contributed by atoms with Crippen molar-refractivity contribution in [1.82, 2.24) is 4.90 Å². The highest BCUT2D eigenvalue weighted by molar-refractivity contribution is 5.94. The van der Waals surface area contributed by atoms with Crippen LogP contribution in [0.1, 0.15) is 66.2 Å². The number of hydrogen-bond acceptors (Lipinski definition) is 7. The van der Waals surface area contributed by atoms with E-state index < -0.39 is 16.6 Å². The van der Waals surface area contributed by atoms with E-state index in [0.29, 0.717) is 19.1 Å². The van der Waals surface area contributed by atoms with E-state index in [2.05, 4.69) is 24.8 Å². The van der Waals surface area contributed by atoms with Crippen molar-refractivity contribution in [3.8, 4) is 0 Å². The molecule has 7 heteroatoms. The highest BCUT2D eigenvalue weighted by atomic mass is 16.6. The number of allylic oxidation sites excluding steroid dienone is 3. The molecule has 37 heavy (non-hydrogen) atoms.